The number of anilines is 2. The Kier molecular flexibility index (Phi) is 10.6. The summed E-state index contributed by atoms with van der Waals surface area (Å²) in [6, 6.07) is 9.31. The zero-order valence-corrected chi connectivity index (χ0v) is 26.0. The summed E-state index contributed by atoms with van der Waals surface area (Å²) < 4.78 is 32.1. The summed E-state index contributed by atoms with van der Waals surface area (Å²) in [4.78, 5) is 26.4. The van der Waals surface area contributed by atoms with Gasteiger partial charge in [-0.2, -0.15) is 0 Å². The monoisotopic (exact) mass is 581 g/mol. The fraction of sp³-hybridized carbons (Fsp3) is 0.438. The number of hydrogen-bond acceptors (Lipinski definition) is 6. The molecule has 8 nitrogen and oxygen atoms in total. The van der Waals surface area contributed by atoms with Gasteiger partial charge in [-0.3, -0.25) is 19.2 Å². The van der Waals surface area contributed by atoms with E-state index in [-0.39, 0.29) is 29.9 Å². The van der Waals surface area contributed by atoms with E-state index in [1.54, 1.807) is 19.4 Å². The Balaban J connectivity index is 2.08. The van der Waals surface area contributed by atoms with Crippen LogP contribution in [0.4, 0.5) is 11.4 Å². The number of rotatable bonds is 11. The summed E-state index contributed by atoms with van der Waals surface area (Å²) in [5, 5.41) is 3.46. The van der Waals surface area contributed by atoms with Gasteiger partial charge in [0.15, 0.2) is 5.78 Å². The molecule has 0 fully saturated rings. The third-order valence-electron chi connectivity index (χ3n) is 6.76. The Hall–Kier alpha value is -3.43. The number of ether oxygens (including phenoxy) is 1. The average Bonchev–Trinajstić information content (AvgIpc) is 3.04. The molecule has 2 aromatic rings. The van der Waals surface area contributed by atoms with Crippen molar-refractivity contribution >= 4 is 45.2 Å². The summed E-state index contributed by atoms with van der Waals surface area (Å²) in [5.74, 6) is 1.05. The molecular weight excluding hydrogens is 538 g/mol. The van der Waals surface area contributed by atoms with E-state index in [9.17, 15) is 18.0 Å². The summed E-state index contributed by atoms with van der Waals surface area (Å²) in [5.41, 5.74) is 4.44. The molecule has 222 valence electrons. The number of allylic oxidation sites excluding steroid dienone is 1. The predicted molar refractivity (Wildman–Crippen MR) is 168 cm³/mol. The molecule has 0 saturated heterocycles. The lowest BCUT2D eigenvalue weighted by atomic mass is 9.84. The van der Waals surface area contributed by atoms with Crippen LogP contribution in [0.2, 0.25) is 0 Å². The number of nitrogens with zero attached hydrogens (tertiary/aromatic N) is 1. The molecule has 0 aliphatic carbocycles. The van der Waals surface area contributed by atoms with Gasteiger partial charge < -0.3 is 10.1 Å². The maximum atomic E-state index is 12.9. The first-order valence-electron chi connectivity index (χ1n) is 13.9. The van der Waals surface area contributed by atoms with Crippen LogP contribution in [0.3, 0.4) is 0 Å². The quantitative estimate of drug-likeness (QED) is 0.254. The molecule has 41 heavy (non-hydrogen) atoms. The fourth-order valence-electron chi connectivity index (χ4n) is 4.58. The van der Waals surface area contributed by atoms with Gasteiger partial charge in [-0.25, -0.2) is 8.42 Å². The standard InChI is InChI=1S/C32H43N3O5S/c1-22(2)14-16-33-21-25-18-26(34-41(7,38)39)11-10-23(25)8-9-24-19-27(20-29(31(24)40-6)32(3,4)5)35-17-15-28(36)12-13-30(35)37/h8-11,15,17-20,22,33-34H,12-14,16,21H2,1-7H3/b9-8+. The predicted octanol–water partition coefficient (Wildman–Crippen LogP) is 5.88. The molecule has 0 saturated carbocycles. The van der Waals surface area contributed by atoms with Gasteiger partial charge in [0.05, 0.1) is 13.4 Å². The van der Waals surface area contributed by atoms with Crippen molar-refractivity contribution in [2.75, 3.05) is 29.5 Å². The molecule has 0 aromatic heterocycles. The number of benzene rings is 2. The van der Waals surface area contributed by atoms with Crippen LogP contribution >= 0.6 is 0 Å². The van der Waals surface area contributed by atoms with Crippen LogP contribution in [-0.4, -0.2) is 40.0 Å². The maximum Gasteiger partial charge on any atom is 0.231 e. The number of ketones is 1. The van der Waals surface area contributed by atoms with E-state index in [4.69, 9.17) is 4.74 Å². The zero-order valence-electron chi connectivity index (χ0n) is 25.2. The lowest BCUT2D eigenvalue weighted by Gasteiger charge is -2.27. The molecule has 1 amide bonds. The highest BCUT2D eigenvalue weighted by atomic mass is 32.2. The van der Waals surface area contributed by atoms with Crippen LogP contribution in [0.25, 0.3) is 12.2 Å². The number of nitrogens with one attached hydrogen (secondary N) is 2. The number of carbonyl (C=O) groups is 2. The van der Waals surface area contributed by atoms with Gasteiger partial charge in [-0.15, -0.1) is 0 Å². The highest BCUT2D eigenvalue weighted by molar-refractivity contribution is 7.92. The molecule has 0 atom stereocenters. The van der Waals surface area contributed by atoms with Crippen molar-refractivity contribution in [3.05, 3.63) is 64.9 Å². The SMILES string of the molecule is COc1c(/C=C/c2ccc(NS(C)(=O)=O)cc2CNCCC(C)C)cc(N2C=CC(=O)CCC2=O)cc1C(C)(C)C. The second kappa shape index (κ2) is 13.5. The van der Waals surface area contributed by atoms with Gasteiger partial charge in [-0.05, 0) is 65.8 Å². The van der Waals surface area contributed by atoms with Crippen LogP contribution in [-0.2, 0) is 31.6 Å². The zero-order chi connectivity index (χ0) is 30.4. The summed E-state index contributed by atoms with van der Waals surface area (Å²) >= 11 is 0. The minimum atomic E-state index is -3.42. The Morgan fingerprint density at radius 3 is 2.39 bits per heavy atom. The normalized spacial score (nSPS) is 14.7. The molecule has 9 heteroatoms. The highest BCUT2D eigenvalue weighted by Gasteiger charge is 2.25. The van der Waals surface area contributed by atoms with Crippen molar-refractivity contribution < 1.29 is 22.7 Å². The van der Waals surface area contributed by atoms with Gasteiger partial charge in [0, 0.05) is 48.1 Å². The molecule has 1 aliphatic rings. The second-order valence-corrected chi connectivity index (χ2v) is 13.6. The van der Waals surface area contributed by atoms with Crippen molar-refractivity contribution in [1.82, 2.24) is 5.32 Å². The smallest absolute Gasteiger partial charge is 0.231 e. The van der Waals surface area contributed by atoms with Gasteiger partial charge in [0.2, 0.25) is 15.9 Å². The Morgan fingerprint density at radius 1 is 1.05 bits per heavy atom. The molecule has 2 aromatic carbocycles. The Bertz CT molecular complexity index is 1440. The highest BCUT2D eigenvalue weighted by Crippen LogP contribution is 2.39. The van der Waals surface area contributed by atoms with E-state index in [1.807, 2.05) is 36.4 Å². The van der Waals surface area contributed by atoms with Crippen LogP contribution in [0.5, 0.6) is 5.75 Å². The van der Waals surface area contributed by atoms with E-state index in [0.717, 1.165) is 41.5 Å². The van der Waals surface area contributed by atoms with Crippen molar-refractivity contribution in [2.24, 2.45) is 5.92 Å². The minimum Gasteiger partial charge on any atom is -0.496 e. The third kappa shape index (κ3) is 9.30. The lowest BCUT2D eigenvalue weighted by Crippen LogP contribution is -2.25. The molecule has 2 N–H and O–H groups in total. The molecule has 3 rings (SSSR count). The number of carbonyl (C=O) groups excluding carboxylic acids is 2. The van der Waals surface area contributed by atoms with Crippen LogP contribution in [0.1, 0.15) is 76.1 Å². The maximum absolute atomic E-state index is 12.9. The third-order valence-corrected chi connectivity index (χ3v) is 7.37. The first-order valence-corrected chi connectivity index (χ1v) is 15.8. The average molecular weight is 582 g/mol. The van der Waals surface area contributed by atoms with Crippen molar-refractivity contribution in [1.29, 1.82) is 0 Å². The van der Waals surface area contributed by atoms with Gasteiger partial charge in [0.1, 0.15) is 5.75 Å². The molecular formula is C32H43N3O5S. The molecule has 0 unspecified atom stereocenters. The number of hydrogen-bond donors (Lipinski definition) is 2. The fourth-order valence-corrected chi connectivity index (χ4v) is 5.14. The molecule has 0 radical (unpaired) electrons. The molecule has 0 bridgehead atoms. The molecule has 0 spiro atoms. The Morgan fingerprint density at radius 2 is 1.76 bits per heavy atom. The van der Waals surface area contributed by atoms with Crippen molar-refractivity contribution in [3.8, 4) is 5.75 Å². The van der Waals surface area contributed by atoms with Gasteiger partial charge in [-0.1, -0.05) is 52.8 Å². The summed E-state index contributed by atoms with van der Waals surface area (Å²) in [7, 11) is -1.78. The van der Waals surface area contributed by atoms with Crippen LogP contribution in [0, 0.1) is 5.92 Å². The van der Waals surface area contributed by atoms with E-state index >= 15 is 0 Å². The molecule has 1 aliphatic heterocycles. The Labute approximate surface area is 244 Å². The van der Waals surface area contributed by atoms with E-state index in [1.165, 1.54) is 11.0 Å². The topological polar surface area (TPSA) is 105 Å². The van der Waals surface area contributed by atoms with E-state index < -0.39 is 10.0 Å². The van der Waals surface area contributed by atoms with E-state index in [2.05, 4.69) is 44.7 Å². The second-order valence-electron chi connectivity index (χ2n) is 11.9. The van der Waals surface area contributed by atoms with Crippen LogP contribution in [0.15, 0.2) is 42.6 Å². The van der Waals surface area contributed by atoms with Gasteiger partial charge in [0.25, 0.3) is 0 Å². The number of methoxy groups -OCH3 is 1. The minimum absolute atomic E-state index is 0.0751. The van der Waals surface area contributed by atoms with Gasteiger partial charge >= 0.3 is 0 Å². The number of sulfonamides is 1. The summed E-state index contributed by atoms with van der Waals surface area (Å²) in [6.45, 7) is 12.0. The first kappa shape index (κ1) is 32.1. The van der Waals surface area contributed by atoms with Crippen molar-refractivity contribution in [3.63, 3.8) is 0 Å². The van der Waals surface area contributed by atoms with E-state index in [0.29, 0.717) is 29.6 Å². The van der Waals surface area contributed by atoms with Crippen molar-refractivity contribution in [2.45, 2.75) is 65.8 Å². The van der Waals surface area contributed by atoms with Crippen LogP contribution < -0.4 is 19.7 Å². The largest absolute Gasteiger partial charge is 0.496 e. The summed E-state index contributed by atoms with van der Waals surface area (Å²) in [6.07, 6.45) is 9.43. The first-order chi connectivity index (χ1) is 19.2. The number of amides is 1. The molecule has 1 heterocycles. The lowest BCUT2D eigenvalue weighted by molar-refractivity contribution is -0.121.